The average molecular weight is 360 g/mol. The summed E-state index contributed by atoms with van der Waals surface area (Å²) >= 11 is 0. The Kier molecular flexibility index (Phi) is 6.40. The smallest absolute Gasteiger partial charge is 0.223 e. The quantitative estimate of drug-likeness (QED) is 0.871. The summed E-state index contributed by atoms with van der Waals surface area (Å²) in [5, 5.41) is 6.38. The summed E-state index contributed by atoms with van der Waals surface area (Å²) in [6, 6.07) is 4.20. The van der Waals surface area contributed by atoms with Crippen molar-refractivity contribution in [1.29, 1.82) is 0 Å². The zero-order valence-electron chi connectivity index (χ0n) is 13.7. The number of anilines is 1. The predicted molar refractivity (Wildman–Crippen MR) is 92.6 cm³/mol. The third kappa shape index (κ3) is 4.16. The first-order valence-electron chi connectivity index (χ1n) is 8.27. The van der Waals surface area contributed by atoms with E-state index >= 15 is 0 Å². The van der Waals surface area contributed by atoms with Crippen LogP contribution in [0.25, 0.3) is 0 Å². The number of rotatable bonds is 3. The highest BCUT2D eigenvalue weighted by molar-refractivity contribution is 5.85. The van der Waals surface area contributed by atoms with Crippen molar-refractivity contribution in [2.45, 2.75) is 38.3 Å². The average Bonchev–Trinajstić information content (AvgIpc) is 2.95. The van der Waals surface area contributed by atoms with Crippen LogP contribution in [0.5, 0.6) is 0 Å². The largest absolute Gasteiger partial charge is 0.365 e. The number of nitrogens with one attached hydrogen (secondary N) is 2. The van der Waals surface area contributed by atoms with Gasteiger partial charge in [-0.05, 0) is 44.9 Å². The van der Waals surface area contributed by atoms with E-state index in [2.05, 4.69) is 17.6 Å². The van der Waals surface area contributed by atoms with Gasteiger partial charge in [0, 0.05) is 31.1 Å². The molecule has 2 aliphatic rings. The summed E-state index contributed by atoms with van der Waals surface area (Å²) in [7, 11) is 0. The molecule has 2 fully saturated rings. The van der Waals surface area contributed by atoms with Crippen LogP contribution in [0, 0.1) is 17.6 Å². The van der Waals surface area contributed by atoms with Gasteiger partial charge < -0.3 is 15.5 Å². The minimum Gasteiger partial charge on any atom is -0.365 e. The summed E-state index contributed by atoms with van der Waals surface area (Å²) in [4.78, 5) is 14.1. The molecule has 3 rings (SSSR count). The van der Waals surface area contributed by atoms with Crippen LogP contribution in [-0.2, 0) is 4.79 Å². The lowest BCUT2D eigenvalue weighted by Crippen LogP contribution is -2.46. The molecule has 2 aliphatic heterocycles. The van der Waals surface area contributed by atoms with E-state index in [1.165, 1.54) is 18.2 Å². The molecule has 7 heteroatoms. The fourth-order valence-corrected chi connectivity index (χ4v) is 3.56. The van der Waals surface area contributed by atoms with E-state index in [0.29, 0.717) is 25.6 Å². The Morgan fingerprint density at radius 3 is 2.67 bits per heavy atom. The number of para-hydroxylation sites is 1. The van der Waals surface area contributed by atoms with Crippen molar-refractivity contribution in [1.82, 2.24) is 10.6 Å². The van der Waals surface area contributed by atoms with Crippen LogP contribution in [0.1, 0.15) is 26.2 Å². The van der Waals surface area contributed by atoms with Crippen molar-refractivity contribution >= 4 is 24.0 Å². The lowest BCUT2D eigenvalue weighted by molar-refractivity contribution is -0.126. The molecule has 134 valence electrons. The summed E-state index contributed by atoms with van der Waals surface area (Å²) < 4.78 is 27.7. The van der Waals surface area contributed by atoms with E-state index in [9.17, 15) is 13.6 Å². The van der Waals surface area contributed by atoms with Gasteiger partial charge in [-0.1, -0.05) is 6.07 Å². The molecule has 1 unspecified atom stereocenters. The molecule has 0 spiro atoms. The number of piperidine rings is 1. The Morgan fingerprint density at radius 2 is 2.00 bits per heavy atom. The molecule has 0 bridgehead atoms. The van der Waals surface area contributed by atoms with Gasteiger partial charge in [-0.2, -0.15) is 0 Å². The molecular formula is C17H24ClF2N3O. The van der Waals surface area contributed by atoms with E-state index in [0.717, 1.165) is 19.4 Å². The number of halogens is 3. The zero-order chi connectivity index (χ0) is 16.4. The van der Waals surface area contributed by atoms with Crippen LogP contribution < -0.4 is 15.5 Å². The van der Waals surface area contributed by atoms with Crippen LogP contribution in [0.2, 0.25) is 0 Å². The monoisotopic (exact) mass is 359 g/mol. The number of amides is 1. The van der Waals surface area contributed by atoms with E-state index < -0.39 is 11.6 Å². The van der Waals surface area contributed by atoms with Gasteiger partial charge in [0.05, 0.1) is 0 Å². The van der Waals surface area contributed by atoms with E-state index in [-0.39, 0.29) is 36.0 Å². The first kappa shape index (κ1) is 18.9. The van der Waals surface area contributed by atoms with Crippen molar-refractivity contribution in [3.05, 3.63) is 29.8 Å². The Labute approximate surface area is 147 Å². The maximum Gasteiger partial charge on any atom is 0.223 e. The Bertz CT molecular complexity index is 567. The van der Waals surface area contributed by atoms with Gasteiger partial charge in [-0.25, -0.2) is 8.78 Å². The maximum atomic E-state index is 13.8. The highest BCUT2D eigenvalue weighted by atomic mass is 35.5. The van der Waals surface area contributed by atoms with Crippen LogP contribution in [-0.4, -0.2) is 37.6 Å². The fraction of sp³-hybridized carbons (Fsp3) is 0.588. The second-order valence-corrected chi connectivity index (χ2v) is 6.59. The number of hydrogen-bond donors (Lipinski definition) is 2. The second-order valence-electron chi connectivity index (χ2n) is 6.59. The lowest BCUT2D eigenvalue weighted by Gasteiger charge is -2.28. The van der Waals surface area contributed by atoms with Crippen molar-refractivity contribution in [2.24, 2.45) is 5.92 Å². The molecule has 1 aromatic carbocycles. The standard InChI is InChI=1S/C17H23F2N3O.ClH/c1-11-9-12(5-7-20-11)17(23)21-13-6-8-22(10-13)16-14(18)3-2-4-15(16)19;/h2-4,11-13,20H,5-10H2,1H3,(H,21,23);1H/t11-,12-,13?;/m0./s1. The van der Waals surface area contributed by atoms with Crippen LogP contribution in [0.4, 0.5) is 14.5 Å². The Morgan fingerprint density at radius 1 is 1.29 bits per heavy atom. The molecular weight excluding hydrogens is 336 g/mol. The van der Waals surface area contributed by atoms with E-state index in [4.69, 9.17) is 0 Å². The van der Waals surface area contributed by atoms with E-state index in [1.54, 1.807) is 4.90 Å². The molecule has 2 heterocycles. The molecule has 0 aliphatic carbocycles. The normalized spacial score (nSPS) is 26.8. The number of carbonyl (C=O) groups excluding carboxylic acids is 1. The predicted octanol–water partition coefficient (Wildman–Crippen LogP) is 2.47. The van der Waals surface area contributed by atoms with Crippen LogP contribution >= 0.6 is 12.4 Å². The number of hydrogen-bond acceptors (Lipinski definition) is 3. The van der Waals surface area contributed by atoms with Crippen molar-refractivity contribution in [3.8, 4) is 0 Å². The van der Waals surface area contributed by atoms with Gasteiger partial charge in [0.25, 0.3) is 0 Å². The number of nitrogens with zero attached hydrogens (tertiary/aromatic N) is 1. The Balaban J connectivity index is 0.00000208. The van der Waals surface area contributed by atoms with Gasteiger partial charge in [0.15, 0.2) is 0 Å². The lowest BCUT2D eigenvalue weighted by atomic mass is 9.92. The molecule has 3 atom stereocenters. The molecule has 0 radical (unpaired) electrons. The van der Waals surface area contributed by atoms with Crippen molar-refractivity contribution in [2.75, 3.05) is 24.5 Å². The van der Waals surface area contributed by atoms with Gasteiger partial charge in [-0.15, -0.1) is 12.4 Å². The third-order valence-electron chi connectivity index (χ3n) is 4.78. The molecule has 1 aromatic rings. The zero-order valence-corrected chi connectivity index (χ0v) is 14.5. The van der Waals surface area contributed by atoms with Gasteiger partial charge >= 0.3 is 0 Å². The first-order chi connectivity index (χ1) is 11.0. The van der Waals surface area contributed by atoms with Gasteiger partial charge in [0.2, 0.25) is 5.91 Å². The minimum atomic E-state index is -0.552. The highest BCUT2D eigenvalue weighted by Crippen LogP contribution is 2.27. The van der Waals surface area contributed by atoms with Gasteiger partial charge in [0.1, 0.15) is 17.3 Å². The third-order valence-corrected chi connectivity index (χ3v) is 4.78. The van der Waals surface area contributed by atoms with Crippen molar-refractivity contribution in [3.63, 3.8) is 0 Å². The minimum absolute atomic E-state index is 0. The molecule has 2 saturated heterocycles. The van der Waals surface area contributed by atoms with Crippen LogP contribution in [0.15, 0.2) is 18.2 Å². The van der Waals surface area contributed by atoms with Gasteiger partial charge in [-0.3, -0.25) is 4.79 Å². The fourth-order valence-electron chi connectivity index (χ4n) is 3.56. The molecule has 0 saturated carbocycles. The molecule has 1 amide bonds. The SMILES string of the molecule is C[C@H]1C[C@@H](C(=O)NC2CCN(c3c(F)cccc3F)C2)CCN1.Cl. The highest BCUT2D eigenvalue weighted by Gasteiger charge is 2.31. The Hall–Kier alpha value is -1.40. The maximum absolute atomic E-state index is 13.8. The summed E-state index contributed by atoms with van der Waals surface area (Å²) in [6.45, 7) is 3.93. The van der Waals surface area contributed by atoms with Crippen LogP contribution in [0.3, 0.4) is 0 Å². The first-order valence-corrected chi connectivity index (χ1v) is 8.27. The topological polar surface area (TPSA) is 44.4 Å². The summed E-state index contributed by atoms with van der Waals surface area (Å²) in [5.74, 6) is -1.00. The molecule has 0 aromatic heterocycles. The second kappa shape index (κ2) is 8.12. The number of benzene rings is 1. The van der Waals surface area contributed by atoms with Crippen molar-refractivity contribution < 1.29 is 13.6 Å². The number of carbonyl (C=O) groups is 1. The molecule has 2 N–H and O–H groups in total. The molecule has 4 nitrogen and oxygen atoms in total. The molecule has 24 heavy (non-hydrogen) atoms. The summed E-state index contributed by atoms with van der Waals surface area (Å²) in [5.41, 5.74) is 0.0136. The van der Waals surface area contributed by atoms with E-state index in [1.807, 2.05) is 0 Å². The summed E-state index contributed by atoms with van der Waals surface area (Å²) in [6.07, 6.45) is 2.39.